The van der Waals surface area contributed by atoms with Crippen LogP contribution in [0.1, 0.15) is 0 Å². The first-order valence-electron chi connectivity index (χ1n) is 9.62. The largest absolute Gasteiger partial charge is 0.280 e. The van der Waals surface area contributed by atoms with Gasteiger partial charge in [0.25, 0.3) is 10.0 Å². The smallest absolute Gasteiger partial charge is 0.261 e. The van der Waals surface area contributed by atoms with Crippen LogP contribution >= 0.6 is 0 Å². The van der Waals surface area contributed by atoms with Crippen LogP contribution in [0.4, 0.5) is 10.1 Å². The molecule has 160 valence electrons. The highest BCUT2D eigenvalue weighted by Crippen LogP contribution is 2.24. The molecule has 0 spiro atoms. The van der Waals surface area contributed by atoms with E-state index >= 15 is 0 Å². The molecule has 1 N–H and O–H groups in total. The summed E-state index contributed by atoms with van der Waals surface area (Å²) < 4.78 is 44.0. The first kappa shape index (κ1) is 19.9. The number of benzene rings is 2. The fourth-order valence-corrected chi connectivity index (χ4v) is 4.37. The average molecular weight is 448 g/mol. The lowest BCUT2D eigenvalue weighted by molar-refractivity contribution is 0.599. The van der Waals surface area contributed by atoms with Gasteiger partial charge in [0.15, 0.2) is 5.65 Å². The molecule has 0 saturated heterocycles. The second-order valence-electron chi connectivity index (χ2n) is 7.17. The van der Waals surface area contributed by atoms with Crippen molar-refractivity contribution in [2.24, 2.45) is 7.05 Å². The minimum absolute atomic E-state index is 0.0156. The Kier molecular flexibility index (Phi) is 4.71. The fourth-order valence-electron chi connectivity index (χ4n) is 3.31. The maximum absolute atomic E-state index is 13.1. The molecular weight excluding hydrogens is 431 g/mol. The predicted molar refractivity (Wildman–Crippen MR) is 118 cm³/mol. The molecule has 0 amide bonds. The summed E-state index contributed by atoms with van der Waals surface area (Å²) in [6, 6.07) is 15.2. The maximum atomic E-state index is 13.1. The van der Waals surface area contributed by atoms with Gasteiger partial charge in [-0.25, -0.2) is 22.3 Å². The van der Waals surface area contributed by atoms with E-state index in [0.717, 1.165) is 29.0 Å². The number of hydrogen-bond acceptors (Lipinski definition) is 5. The molecule has 10 heteroatoms. The Bertz CT molecular complexity index is 1520. The summed E-state index contributed by atoms with van der Waals surface area (Å²) in [5.41, 5.74) is 4.32. The summed E-state index contributed by atoms with van der Waals surface area (Å²) in [6.45, 7) is 0. The van der Waals surface area contributed by atoms with Crippen LogP contribution in [0.15, 0.2) is 84.1 Å². The lowest BCUT2D eigenvalue weighted by atomic mass is 10.1. The third-order valence-electron chi connectivity index (χ3n) is 4.92. The zero-order chi connectivity index (χ0) is 22.3. The Labute approximate surface area is 183 Å². The third-order valence-corrected chi connectivity index (χ3v) is 6.32. The number of fused-ring (bicyclic) bond motifs is 1. The van der Waals surface area contributed by atoms with E-state index in [9.17, 15) is 12.8 Å². The minimum Gasteiger partial charge on any atom is -0.280 e. The van der Waals surface area contributed by atoms with Gasteiger partial charge in [0, 0.05) is 30.1 Å². The number of nitrogens with one attached hydrogen (secondary N) is 1. The summed E-state index contributed by atoms with van der Waals surface area (Å²) in [4.78, 5) is 4.38. The van der Waals surface area contributed by atoms with Gasteiger partial charge in [-0.05, 0) is 48.5 Å². The van der Waals surface area contributed by atoms with Crippen molar-refractivity contribution in [3.63, 3.8) is 0 Å². The van der Waals surface area contributed by atoms with E-state index < -0.39 is 15.8 Å². The van der Waals surface area contributed by atoms with Crippen molar-refractivity contribution in [2.45, 2.75) is 4.90 Å². The van der Waals surface area contributed by atoms with E-state index in [-0.39, 0.29) is 4.90 Å². The number of rotatable bonds is 5. The molecular formula is C22H17FN6O2S. The summed E-state index contributed by atoms with van der Waals surface area (Å²) in [7, 11) is -1.97. The second-order valence-corrected chi connectivity index (χ2v) is 8.85. The molecule has 0 aliphatic heterocycles. The van der Waals surface area contributed by atoms with Crippen LogP contribution in [-0.4, -0.2) is 32.8 Å². The van der Waals surface area contributed by atoms with Crippen molar-refractivity contribution < 1.29 is 12.8 Å². The Balaban J connectivity index is 1.43. The standard InChI is InChI=1S/C22H17FN6O2S/c1-28-14-16(12-25-28)21-13-24-22-11-10-20(26-29(21)22)15-2-6-18(7-3-15)27-32(30,31)19-8-4-17(23)5-9-19/h2-14,27H,1H3. The summed E-state index contributed by atoms with van der Waals surface area (Å²) >= 11 is 0. The Morgan fingerprint density at radius 3 is 2.34 bits per heavy atom. The molecule has 0 aliphatic carbocycles. The predicted octanol–water partition coefficient (Wildman–Crippen LogP) is 3.74. The Morgan fingerprint density at radius 1 is 0.906 bits per heavy atom. The zero-order valence-corrected chi connectivity index (χ0v) is 17.7. The van der Waals surface area contributed by atoms with Gasteiger partial charge >= 0.3 is 0 Å². The normalized spacial score (nSPS) is 11.7. The highest BCUT2D eigenvalue weighted by atomic mass is 32.2. The van der Waals surface area contributed by atoms with Crippen LogP contribution in [0.25, 0.3) is 28.2 Å². The lowest BCUT2D eigenvalue weighted by Gasteiger charge is -2.09. The molecule has 0 saturated carbocycles. The number of aromatic nitrogens is 5. The number of sulfonamides is 1. The quantitative estimate of drug-likeness (QED) is 0.442. The minimum atomic E-state index is -3.82. The topological polar surface area (TPSA) is 94.2 Å². The second kappa shape index (κ2) is 7.57. The molecule has 5 rings (SSSR count). The number of hydrogen-bond donors (Lipinski definition) is 1. The van der Waals surface area contributed by atoms with E-state index in [4.69, 9.17) is 5.10 Å². The molecule has 0 fully saturated rings. The van der Waals surface area contributed by atoms with Crippen LogP contribution in [0.3, 0.4) is 0 Å². The van der Waals surface area contributed by atoms with Crippen LogP contribution in [0.5, 0.6) is 0 Å². The molecule has 0 unspecified atom stereocenters. The molecule has 8 nitrogen and oxygen atoms in total. The number of aryl methyl sites for hydroxylation is 1. The van der Waals surface area contributed by atoms with E-state index in [1.165, 1.54) is 12.1 Å². The van der Waals surface area contributed by atoms with Crippen molar-refractivity contribution in [3.05, 3.63) is 85.1 Å². The van der Waals surface area contributed by atoms with E-state index in [0.29, 0.717) is 17.0 Å². The molecule has 0 aliphatic rings. The monoisotopic (exact) mass is 448 g/mol. The summed E-state index contributed by atoms with van der Waals surface area (Å²) in [5, 5.41) is 8.89. The first-order valence-corrected chi connectivity index (χ1v) is 11.1. The summed E-state index contributed by atoms with van der Waals surface area (Å²) in [6.07, 6.45) is 5.39. The number of imidazole rings is 1. The van der Waals surface area contributed by atoms with Crippen molar-refractivity contribution in [3.8, 4) is 22.5 Å². The van der Waals surface area contributed by atoms with Gasteiger partial charge in [0.1, 0.15) is 5.82 Å². The molecule has 3 aromatic heterocycles. The van der Waals surface area contributed by atoms with Crippen LogP contribution in [-0.2, 0) is 17.1 Å². The Morgan fingerprint density at radius 2 is 1.66 bits per heavy atom. The average Bonchev–Trinajstić information content (AvgIpc) is 3.39. The van der Waals surface area contributed by atoms with Gasteiger partial charge in [-0.15, -0.1) is 0 Å². The number of anilines is 1. The molecule has 32 heavy (non-hydrogen) atoms. The van der Waals surface area contributed by atoms with Gasteiger partial charge in [-0.2, -0.15) is 10.2 Å². The van der Waals surface area contributed by atoms with Gasteiger partial charge in [-0.3, -0.25) is 9.40 Å². The molecule has 0 atom stereocenters. The van der Waals surface area contributed by atoms with Gasteiger partial charge in [0.05, 0.1) is 28.7 Å². The van der Waals surface area contributed by atoms with Gasteiger partial charge in [-0.1, -0.05) is 12.1 Å². The van der Waals surface area contributed by atoms with Crippen LogP contribution in [0.2, 0.25) is 0 Å². The van der Waals surface area contributed by atoms with Crippen molar-refractivity contribution in [1.82, 2.24) is 24.4 Å². The lowest BCUT2D eigenvalue weighted by Crippen LogP contribution is -2.12. The van der Waals surface area contributed by atoms with Crippen molar-refractivity contribution in [1.29, 1.82) is 0 Å². The fraction of sp³-hybridized carbons (Fsp3) is 0.0455. The highest BCUT2D eigenvalue weighted by molar-refractivity contribution is 7.92. The molecule has 2 aromatic carbocycles. The van der Waals surface area contributed by atoms with E-state index in [1.807, 2.05) is 25.4 Å². The maximum Gasteiger partial charge on any atom is 0.261 e. The number of nitrogens with zero attached hydrogens (tertiary/aromatic N) is 5. The molecule has 0 radical (unpaired) electrons. The van der Waals surface area contributed by atoms with E-state index in [1.54, 1.807) is 45.9 Å². The molecule has 0 bridgehead atoms. The van der Waals surface area contributed by atoms with Gasteiger partial charge < -0.3 is 0 Å². The molecule has 3 heterocycles. The van der Waals surface area contributed by atoms with Crippen molar-refractivity contribution in [2.75, 3.05) is 4.72 Å². The highest BCUT2D eigenvalue weighted by Gasteiger charge is 2.15. The van der Waals surface area contributed by atoms with Crippen LogP contribution in [0, 0.1) is 5.82 Å². The summed E-state index contributed by atoms with van der Waals surface area (Å²) in [5.74, 6) is -0.498. The first-order chi connectivity index (χ1) is 15.4. The zero-order valence-electron chi connectivity index (χ0n) is 16.8. The van der Waals surface area contributed by atoms with Crippen LogP contribution < -0.4 is 4.72 Å². The van der Waals surface area contributed by atoms with Crippen molar-refractivity contribution >= 4 is 21.4 Å². The SMILES string of the molecule is Cn1cc(-c2cnc3ccc(-c4ccc(NS(=O)(=O)c5ccc(F)cc5)cc4)nn23)cn1. The van der Waals surface area contributed by atoms with Gasteiger partial charge in [0.2, 0.25) is 0 Å². The third kappa shape index (κ3) is 3.71. The van der Waals surface area contributed by atoms with E-state index in [2.05, 4.69) is 14.8 Å². The molecule has 5 aromatic rings. The Hall–Kier alpha value is -4.05. The number of halogens is 1.